The maximum Gasteiger partial charge on any atom is 0.145 e. The van der Waals surface area contributed by atoms with E-state index >= 15 is 0 Å². The van der Waals surface area contributed by atoms with Crippen molar-refractivity contribution < 1.29 is 9.13 Å². The van der Waals surface area contributed by atoms with Gasteiger partial charge < -0.3 is 15.4 Å². The lowest BCUT2D eigenvalue weighted by Crippen LogP contribution is -2.06. The lowest BCUT2D eigenvalue weighted by molar-refractivity contribution is 0.413. The van der Waals surface area contributed by atoms with Gasteiger partial charge in [-0.15, -0.1) is 0 Å². The molecule has 0 aliphatic carbocycles. The molecule has 0 amide bonds. The van der Waals surface area contributed by atoms with E-state index in [1.54, 1.807) is 6.07 Å². The number of nitrogens with one attached hydrogen (secondary N) is 2. The standard InChI is InChI=1S/C15H19FN4O/c1-4-13-19-14(17-5-2)9-15(20-13)18-11-7-6-10(16)8-12(11)21-3/h6-9H,4-5H2,1-3H3,(H2,17,18,19,20). The molecule has 2 rings (SSSR count). The highest BCUT2D eigenvalue weighted by Gasteiger charge is 2.08. The van der Waals surface area contributed by atoms with Crippen LogP contribution in [0.2, 0.25) is 0 Å². The van der Waals surface area contributed by atoms with Crippen molar-refractivity contribution in [2.75, 3.05) is 24.3 Å². The molecule has 6 heteroatoms. The van der Waals surface area contributed by atoms with E-state index < -0.39 is 0 Å². The van der Waals surface area contributed by atoms with Crippen molar-refractivity contribution in [2.45, 2.75) is 20.3 Å². The SMILES string of the molecule is CCNc1cc(Nc2ccc(F)cc2OC)nc(CC)n1. The molecule has 21 heavy (non-hydrogen) atoms. The first-order valence-electron chi connectivity index (χ1n) is 6.88. The molecule has 1 aromatic heterocycles. The molecule has 1 heterocycles. The van der Waals surface area contributed by atoms with Gasteiger partial charge in [0.1, 0.15) is 29.0 Å². The normalized spacial score (nSPS) is 10.3. The van der Waals surface area contributed by atoms with Crippen molar-refractivity contribution in [1.29, 1.82) is 0 Å². The van der Waals surface area contributed by atoms with Crippen LogP contribution in [0.15, 0.2) is 24.3 Å². The van der Waals surface area contributed by atoms with Crippen LogP contribution in [-0.4, -0.2) is 23.6 Å². The Hall–Kier alpha value is -2.37. The zero-order valence-electron chi connectivity index (χ0n) is 12.4. The number of aromatic nitrogens is 2. The van der Waals surface area contributed by atoms with E-state index in [0.717, 1.165) is 24.6 Å². The van der Waals surface area contributed by atoms with Crippen molar-refractivity contribution >= 4 is 17.3 Å². The average Bonchev–Trinajstić information content (AvgIpc) is 2.49. The molecule has 2 N–H and O–H groups in total. The van der Waals surface area contributed by atoms with Gasteiger partial charge in [0.05, 0.1) is 12.8 Å². The van der Waals surface area contributed by atoms with Crippen LogP contribution in [0.5, 0.6) is 5.75 Å². The molecule has 0 saturated carbocycles. The molecular weight excluding hydrogens is 271 g/mol. The predicted molar refractivity (Wildman–Crippen MR) is 81.8 cm³/mol. The molecule has 0 saturated heterocycles. The molecule has 0 fully saturated rings. The summed E-state index contributed by atoms with van der Waals surface area (Å²) in [6.45, 7) is 4.77. The maximum absolute atomic E-state index is 13.2. The zero-order chi connectivity index (χ0) is 15.2. The lowest BCUT2D eigenvalue weighted by Gasteiger charge is -2.12. The first-order valence-corrected chi connectivity index (χ1v) is 6.88. The lowest BCUT2D eigenvalue weighted by atomic mass is 10.2. The molecule has 0 bridgehead atoms. The van der Waals surface area contributed by atoms with Gasteiger partial charge in [0.25, 0.3) is 0 Å². The Morgan fingerprint density at radius 3 is 2.57 bits per heavy atom. The molecule has 2 aromatic rings. The van der Waals surface area contributed by atoms with Crippen LogP contribution in [0.4, 0.5) is 21.7 Å². The van der Waals surface area contributed by atoms with E-state index in [-0.39, 0.29) is 5.82 Å². The third kappa shape index (κ3) is 3.81. The Morgan fingerprint density at radius 1 is 1.14 bits per heavy atom. The summed E-state index contributed by atoms with van der Waals surface area (Å²) < 4.78 is 18.4. The third-order valence-corrected chi connectivity index (χ3v) is 2.87. The van der Waals surface area contributed by atoms with Gasteiger partial charge in [0.15, 0.2) is 0 Å². The first-order chi connectivity index (χ1) is 10.2. The predicted octanol–water partition coefficient (Wildman–Crippen LogP) is 3.36. The number of halogens is 1. The number of hydrogen-bond acceptors (Lipinski definition) is 5. The van der Waals surface area contributed by atoms with E-state index in [0.29, 0.717) is 17.3 Å². The number of aryl methyl sites for hydroxylation is 1. The molecule has 0 aliphatic heterocycles. The van der Waals surface area contributed by atoms with Crippen molar-refractivity contribution in [1.82, 2.24) is 9.97 Å². The second kappa shape index (κ2) is 6.88. The Balaban J connectivity index is 2.32. The monoisotopic (exact) mass is 290 g/mol. The largest absolute Gasteiger partial charge is 0.494 e. The second-order valence-electron chi connectivity index (χ2n) is 4.41. The van der Waals surface area contributed by atoms with Gasteiger partial charge in [-0.25, -0.2) is 14.4 Å². The van der Waals surface area contributed by atoms with E-state index in [2.05, 4.69) is 20.6 Å². The molecule has 0 aliphatic rings. The average molecular weight is 290 g/mol. The smallest absolute Gasteiger partial charge is 0.145 e. The van der Waals surface area contributed by atoms with Gasteiger partial charge in [0, 0.05) is 25.1 Å². The van der Waals surface area contributed by atoms with Gasteiger partial charge in [-0.3, -0.25) is 0 Å². The molecule has 5 nitrogen and oxygen atoms in total. The van der Waals surface area contributed by atoms with Crippen LogP contribution >= 0.6 is 0 Å². The summed E-state index contributed by atoms with van der Waals surface area (Å²) in [6, 6.07) is 6.13. The minimum atomic E-state index is -0.345. The Morgan fingerprint density at radius 2 is 1.90 bits per heavy atom. The Kier molecular flexibility index (Phi) is 4.92. The highest BCUT2D eigenvalue weighted by molar-refractivity contribution is 5.65. The minimum absolute atomic E-state index is 0.345. The fourth-order valence-electron chi connectivity index (χ4n) is 1.90. The van der Waals surface area contributed by atoms with E-state index in [1.807, 2.05) is 19.9 Å². The molecular formula is C15H19FN4O. The van der Waals surface area contributed by atoms with Crippen LogP contribution in [-0.2, 0) is 6.42 Å². The number of nitrogens with zero attached hydrogens (tertiary/aromatic N) is 2. The van der Waals surface area contributed by atoms with E-state index in [9.17, 15) is 4.39 Å². The van der Waals surface area contributed by atoms with E-state index in [1.165, 1.54) is 19.2 Å². The highest BCUT2D eigenvalue weighted by Crippen LogP contribution is 2.28. The summed E-state index contributed by atoms with van der Waals surface area (Å²) in [5.74, 6) is 2.21. The highest BCUT2D eigenvalue weighted by atomic mass is 19.1. The number of rotatable bonds is 6. The summed E-state index contributed by atoms with van der Waals surface area (Å²) >= 11 is 0. The third-order valence-electron chi connectivity index (χ3n) is 2.87. The molecule has 0 unspecified atom stereocenters. The van der Waals surface area contributed by atoms with Crippen LogP contribution in [0.3, 0.4) is 0 Å². The maximum atomic E-state index is 13.2. The van der Waals surface area contributed by atoms with Gasteiger partial charge in [0.2, 0.25) is 0 Å². The van der Waals surface area contributed by atoms with Crippen molar-refractivity contribution in [3.05, 3.63) is 35.9 Å². The number of methoxy groups -OCH3 is 1. The van der Waals surface area contributed by atoms with Gasteiger partial charge in [-0.2, -0.15) is 0 Å². The van der Waals surface area contributed by atoms with Crippen LogP contribution in [0.1, 0.15) is 19.7 Å². The summed E-state index contributed by atoms with van der Waals surface area (Å²) in [5.41, 5.74) is 0.655. The fourth-order valence-corrected chi connectivity index (χ4v) is 1.90. The topological polar surface area (TPSA) is 59.1 Å². The quantitative estimate of drug-likeness (QED) is 0.854. The fraction of sp³-hybridized carbons (Fsp3) is 0.333. The van der Waals surface area contributed by atoms with Crippen LogP contribution in [0, 0.1) is 5.82 Å². The summed E-state index contributed by atoms with van der Waals surface area (Å²) in [7, 11) is 1.50. The summed E-state index contributed by atoms with van der Waals surface area (Å²) in [6.07, 6.45) is 0.731. The first kappa shape index (κ1) is 15.0. The van der Waals surface area contributed by atoms with Crippen LogP contribution < -0.4 is 15.4 Å². The van der Waals surface area contributed by atoms with Crippen molar-refractivity contribution in [2.24, 2.45) is 0 Å². The van der Waals surface area contributed by atoms with Crippen LogP contribution in [0.25, 0.3) is 0 Å². The zero-order valence-corrected chi connectivity index (χ0v) is 12.4. The Labute approximate surface area is 123 Å². The second-order valence-corrected chi connectivity index (χ2v) is 4.41. The Bertz CT molecular complexity index is 619. The van der Waals surface area contributed by atoms with Gasteiger partial charge >= 0.3 is 0 Å². The van der Waals surface area contributed by atoms with Crippen molar-refractivity contribution in [3.63, 3.8) is 0 Å². The molecule has 1 aromatic carbocycles. The minimum Gasteiger partial charge on any atom is -0.494 e. The molecule has 112 valence electrons. The van der Waals surface area contributed by atoms with E-state index in [4.69, 9.17) is 4.74 Å². The number of anilines is 3. The number of ether oxygens (including phenoxy) is 1. The number of hydrogen-bond donors (Lipinski definition) is 2. The van der Waals surface area contributed by atoms with Crippen molar-refractivity contribution in [3.8, 4) is 5.75 Å². The molecule has 0 spiro atoms. The molecule has 0 radical (unpaired) electrons. The molecule has 0 atom stereocenters. The number of benzene rings is 1. The van der Waals surface area contributed by atoms with Gasteiger partial charge in [-0.05, 0) is 19.1 Å². The summed E-state index contributed by atoms with van der Waals surface area (Å²) in [5, 5.41) is 6.31. The summed E-state index contributed by atoms with van der Waals surface area (Å²) in [4.78, 5) is 8.80. The van der Waals surface area contributed by atoms with Gasteiger partial charge in [-0.1, -0.05) is 6.92 Å².